The molecule has 1 saturated heterocycles. The molecule has 1 aliphatic heterocycles. The summed E-state index contributed by atoms with van der Waals surface area (Å²) >= 11 is 0. The Morgan fingerprint density at radius 3 is 1.14 bits per heavy atom. The molecule has 0 bridgehead atoms. The van der Waals surface area contributed by atoms with Crippen LogP contribution in [0, 0.1) is 0 Å². The number of hydrogen-bond acceptors (Lipinski definition) is 5. The molecule has 0 saturated carbocycles. The van der Waals surface area contributed by atoms with Gasteiger partial charge < -0.3 is 23.9 Å². The standard InChI is InChI=1S/C4H10N2.C4H12O3Si/c1-2-6-4-3-5-1;1-5-8(4,6-2)7-3/h5-6H,1-4H2;1-4H3. The van der Waals surface area contributed by atoms with Gasteiger partial charge in [-0.25, -0.2) is 0 Å². The van der Waals surface area contributed by atoms with Gasteiger partial charge >= 0.3 is 8.80 Å². The van der Waals surface area contributed by atoms with Crippen molar-refractivity contribution in [2.75, 3.05) is 47.5 Å². The Hall–Kier alpha value is 0.0169. The van der Waals surface area contributed by atoms with Crippen LogP contribution in [0.5, 0.6) is 0 Å². The van der Waals surface area contributed by atoms with E-state index in [0.717, 1.165) is 26.2 Å². The smallest absolute Gasteiger partial charge is 0.377 e. The molecule has 1 fully saturated rings. The van der Waals surface area contributed by atoms with Crippen LogP contribution in [0.3, 0.4) is 0 Å². The molecule has 0 aromatic carbocycles. The molecular weight excluding hydrogens is 200 g/mol. The van der Waals surface area contributed by atoms with Crippen molar-refractivity contribution in [2.24, 2.45) is 0 Å². The van der Waals surface area contributed by atoms with Crippen LogP contribution in [0.2, 0.25) is 6.55 Å². The topological polar surface area (TPSA) is 51.8 Å². The predicted molar refractivity (Wildman–Crippen MR) is 58.4 cm³/mol. The number of rotatable bonds is 3. The summed E-state index contributed by atoms with van der Waals surface area (Å²) in [7, 11) is 2.58. The molecule has 0 amide bonds. The van der Waals surface area contributed by atoms with Gasteiger partial charge in [-0.15, -0.1) is 0 Å². The fourth-order valence-corrected chi connectivity index (χ4v) is 1.35. The van der Waals surface area contributed by atoms with Crippen molar-refractivity contribution >= 4 is 8.80 Å². The van der Waals surface area contributed by atoms with E-state index in [9.17, 15) is 0 Å². The van der Waals surface area contributed by atoms with Crippen molar-refractivity contribution < 1.29 is 13.3 Å². The highest BCUT2D eigenvalue weighted by atomic mass is 28.4. The number of piperazine rings is 1. The molecule has 0 radical (unpaired) electrons. The second kappa shape index (κ2) is 8.34. The molecule has 1 rings (SSSR count). The molecule has 0 aliphatic carbocycles. The maximum atomic E-state index is 4.93. The summed E-state index contributed by atoms with van der Waals surface area (Å²) in [5.74, 6) is 0. The molecule has 0 spiro atoms. The van der Waals surface area contributed by atoms with Crippen LogP contribution in [0.4, 0.5) is 0 Å². The molecule has 86 valence electrons. The molecule has 5 nitrogen and oxygen atoms in total. The van der Waals surface area contributed by atoms with E-state index in [0.29, 0.717) is 0 Å². The third-order valence-corrected chi connectivity index (χ3v) is 4.29. The van der Waals surface area contributed by atoms with Gasteiger partial charge in [0.25, 0.3) is 0 Å². The number of nitrogens with one attached hydrogen (secondary N) is 2. The summed E-state index contributed by atoms with van der Waals surface area (Å²) in [6.45, 7) is 6.38. The molecule has 0 unspecified atom stereocenters. The van der Waals surface area contributed by atoms with E-state index in [-0.39, 0.29) is 0 Å². The van der Waals surface area contributed by atoms with Crippen molar-refractivity contribution in [1.82, 2.24) is 10.6 Å². The lowest BCUT2D eigenvalue weighted by Crippen LogP contribution is -2.39. The Kier molecular flexibility index (Phi) is 8.35. The van der Waals surface area contributed by atoms with Crippen LogP contribution >= 0.6 is 0 Å². The van der Waals surface area contributed by atoms with Gasteiger partial charge in [0, 0.05) is 54.1 Å². The molecule has 0 aromatic heterocycles. The predicted octanol–water partition coefficient (Wildman–Crippen LogP) is -0.326. The summed E-state index contributed by atoms with van der Waals surface area (Å²) in [4.78, 5) is 0. The molecule has 0 aromatic rings. The van der Waals surface area contributed by atoms with Gasteiger partial charge in [-0.2, -0.15) is 0 Å². The van der Waals surface area contributed by atoms with Crippen LogP contribution in [0.25, 0.3) is 0 Å². The van der Waals surface area contributed by atoms with Crippen molar-refractivity contribution in [3.05, 3.63) is 0 Å². The van der Waals surface area contributed by atoms with Crippen LogP contribution < -0.4 is 10.6 Å². The van der Waals surface area contributed by atoms with Crippen LogP contribution in [0.1, 0.15) is 0 Å². The normalized spacial score (nSPS) is 17.1. The monoisotopic (exact) mass is 222 g/mol. The van der Waals surface area contributed by atoms with Gasteiger partial charge in [-0.3, -0.25) is 0 Å². The highest BCUT2D eigenvalue weighted by Gasteiger charge is 2.29. The summed E-state index contributed by atoms with van der Waals surface area (Å²) in [6, 6.07) is 0. The van der Waals surface area contributed by atoms with Gasteiger partial charge in [0.1, 0.15) is 0 Å². The average Bonchev–Trinajstić information content (AvgIpc) is 2.31. The fourth-order valence-electron chi connectivity index (χ4n) is 0.854. The molecule has 1 aliphatic rings. The first-order valence-electron chi connectivity index (χ1n) is 4.75. The first kappa shape index (κ1) is 14.0. The maximum Gasteiger partial charge on any atom is 0.496 e. The van der Waals surface area contributed by atoms with Gasteiger partial charge in [0.05, 0.1) is 0 Å². The third-order valence-electron chi connectivity index (χ3n) is 2.07. The largest absolute Gasteiger partial charge is 0.496 e. The zero-order valence-corrected chi connectivity index (χ0v) is 10.6. The van der Waals surface area contributed by atoms with Crippen molar-refractivity contribution in [3.63, 3.8) is 0 Å². The van der Waals surface area contributed by atoms with Crippen molar-refractivity contribution in [3.8, 4) is 0 Å². The highest BCUT2D eigenvalue weighted by molar-refractivity contribution is 6.58. The lowest BCUT2D eigenvalue weighted by molar-refractivity contribution is 0.132. The Labute approximate surface area is 87.5 Å². The molecule has 14 heavy (non-hydrogen) atoms. The zero-order chi connectivity index (χ0) is 10.9. The summed E-state index contributed by atoms with van der Waals surface area (Å²) in [6.07, 6.45) is 0. The lowest BCUT2D eigenvalue weighted by Gasteiger charge is -2.18. The maximum absolute atomic E-state index is 4.93. The van der Waals surface area contributed by atoms with Gasteiger partial charge in [0.2, 0.25) is 0 Å². The van der Waals surface area contributed by atoms with Crippen molar-refractivity contribution in [1.29, 1.82) is 0 Å². The van der Waals surface area contributed by atoms with E-state index in [1.165, 1.54) is 0 Å². The quantitative estimate of drug-likeness (QED) is 0.641. The zero-order valence-electron chi connectivity index (χ0n) is 9.55. The second-order valence-corrected chi connectivity index (χ2v) is 5.92. The second-order valence-electron chi connectivity index (χ2n) is 2.97. The minimum absolute atomic E-state index is 1.14. The third kappa shape index (κ3) is 6.47. The molecule has 0 atom stereocenters. The molecule has 6 heteroatoms. The van der Waals surface area contributed by atoms with E-state index in [2.05, 4.69) is 10.6 Å². The van der Waals surface area contributed by atoms with E-state index in [1.54, 1.807) is 21.3 Å². The van der Waals surface area contributed by atoms with Crippen LogP contribution in [0.15, 0.2) is 0 Å². The fraction of sp³-hybridized carbons (Fsp3) is 1.00. The SMILES string of the molecule is C1CNCCN1.CO[Si](C)(OC)OC. The minimum Gasteiger partial charge on any atom is -0.377 e. The Bertz CT molecular complexity index is 110. The van der Waals surface area contributed by atoms with Crippen LogP contribution in [-0.2, 0) is 13.3 Å². The molecule has 1 heterocycles. The highest BCUT2D eigenvalue weighted by Crippen LogP contribution is 2.02. The Balaban J connectivity index is 0.000000249. The Morgan fingerprint density at radius 2 is 1.07 bits per heavy atom. The van der Waals surface area contributed by atoms with Crippen LogP contribution in [-0.4, -0.2) is 56.3 Å². The van der Waals surface area contributed by atoms with E-state index in [4.69, 9.17) is 13.3 Å². The number of hydrogen-bond donors (Lipinski definition) is 2. The van der Waals surface area contributed by atoms with Gasteiger partial charge in [-0.05, 0) is 0 Å². The lowest BCUT2D eigenvalue weighted by atomic mass is 10.4. The summed E-state index contributed by atoms with van der Waals surface area (Å²) < 4.78 is 14.8. The van der Waals surface area contributed by atoms with E-state index in [1.807, 2.05) is 6.55 Å². The van der Waals surface area contributed by atoms with Gasteiger partial charge in [0.15, 0.2) is 0 Å². The first-order valence-corrected chi connectivity index (χ1v) is 6.98. The first-order chi connectivity index (χ1) is 6.68. The van der Waals surface area contributed by atoms with Crippen molar-refractivity contribution in [2.45, 2.75) is 6.55 Å². The average molecular weight is 222 g/mol. The Morgan fingerprint density at radius 1 is 0.786 bits per heavy atom. The van der Waals surface area contributed by atoms with Gasteiger partial charge in [-0.1, -0.05) is 0 Å². The summed E-state index contributed by atoms with van der Waals surface area (Å²) in [5.41, 5.74) is 0. The minimum atomic E-state index is -2.17. The van der Waals surface area contributed by atoms with E-state index >= 15 is 0 Å². The summed E-state index contributed by atoms with van der Waals surface area (Å²) in [5, 5.41) is 6.44. The van der Waals surface area contributed by atoms with E-state index < -0.39 is 8.80 Å². The molecular formula is C8H22N2O3Si. The molecule has 2 N–H and O–H groups in total.